The summed E-state index contributed by atoms with van der Waals surface area (Å²) in [5, 5.41) is 20.4. The zero-order valence-electron chi connectivity index (χ0n) is 76.9. The molecule has 0 spiro atoms. The van der Waals surface area contributed by atoms with Gasteiger partial charge in [0.05, 0.1) is 39.5 Å². The van der Waals surface area contributed by atoms with E-state index in [-0.39, 0.29) is 0 Å². The Bertz CT molecular complexity index is 2670. The van der Waals surface area contributed by atoms with Crippen molar-refractivity contribution in [1.82, 2.24) is 74.3 Å². The summed E-state index contributed by atoms with van der Waals surface area (Å²) < 4.78 is 21.8. The first-order valence-corrected chi connectivity index (χ1v) is 41.7. The molecule has 0 aliphatic carbocycles. The van der Waals surface area contributed by atoms with Gasteiger partial charge in [0.25, 0.3) is 0 Å². The van der Waals surface area contributed by atoms with Gasteiger partial charge in [-0.25, -0.2) is 24.9 Å². The number of aromatic amines is 1. The Kier molecular flexibility index (Phi) is 65.9. The van der Waals surface area contributed by atoms with Crippen LogP contribution in [0.1, 0.15) is 487 Å². The third-order valence-electron chi connectivity index (χ3n) is 14.2. The molecular formula is C87H165N15O3S. The van der Waals surface area contributed by atoms with E-state index in [9.17, 15) is 0 Å². The lowest BCUT2D eigenvalue weighted by Crippen LogP contribution is -2.02. The monoisotopic (exact) mass is 1500 g/mol. The average molecular weight is 1500 g/mol. The number of hydrogen-bond acceptors (Lipinski definition) is 15. The minimum atomic E-state index is 0.329. The van der Waals surface area contributed by atoms with Gasteiger partial charge in [0, 0.05) is 101 Å². The van der Waals surface area contributed by atoms with E-state index in [0.717, 1.165) is 57.7 Å². The van der Waals surface area contributed by atoms with Gasteiger partial charge in [-0.15, -0.1) is 11.3 Å². The van der Waals surface area contributed by atoms with Crippen molar-refractivity contribution in [2.45, 2.75) is 414 Å². The van der Waals surface area contributed by atoms with E-state index in [1.165, 1.54) is 26.7 Å². The van der Waals surface area contributed by atoms with Crippen LogP contribution in [0.2, 0.25) is 0 Å². The topological polar surface area (TPSA) is 212 Å². The fourth-order valence-corrected chi connectivity index (χ4v) is 8.65. The molecule has 9 rings (SSSR count). The van der Waals surface area contributed by atoms with E-state index < -0.39 is 0 Å². The Morgan fingerprint density at radius 2 is 0.925 bits per heavy atom. The van der Waals surface area contributed by atoms with Crippen molar-refractivity contribution in [3.63, 3.8) is 0 Å². The Hall–Kier alpha value is -6.63. The summed E-state index contributed by atoms with van der Waals surface area (Å²) in [6.07, 6.45) is 13.7. The molecule has 0 saturated heterocycles. The number of hydrogen-bond donors (Lipinski definition) is 1. The Balaban J connectivity index is -0.000000263. The van der Waals surface area contributed by atoms with Gasteiger partial charge in [-0.1, -0.05) is 287 Å². The van der Waals surface area contributed by atoms with Crippen LogP contribution < -0.4 is 0 Å². The molecule has 9 aromatic rings. The molecule has 9 heterocycles. The third kappa shape index (κ3) is 44.0. The van der Waals surface area contributed by atoms with Gasteiger partial charge >= 0.3 is 0 Å². The fraction of sp³-hybridized carbons (Fsp3) is 0.713. The molecule has 1 N–H and O–H groups in total. The van der Waals surface area contributed by atoms with Crippen molar-refractivity contribution < 1.29 is 13.5 Å². The van der Waals surface area contributed by atoms with Crippen molar-refractivity contribution in [1.29, 1.82) is 0 Å². The largest absolute Gasteiger partial charge is 0.448 e. The molecular weight excluding hydrogens is 1340 g/mol. The van der Waals surface area contributed by atoms with Crippen molar-refractivity contribution in [2.75, 3.05) is 0 Å². The Labute approximate surface area is 655 Å². The SMILES string of the molecule is CC.CC.CC.CC.CC.CC.CC.CC(C)c1cc(C(C)C)on1.CC(C)c1cn(C(C)C)c2cccnc12.CC(C)c1cn(C(C)C)cn1.CC(C)c1cnc(C(C)C)s1.CC(C)c1coc(C(C)C)n1.CC(C)c1n[nH]c(C(C)C)n1.CC(C)c1ncn(C(C)C)n1.CC(C)c1noc(C(C)C)n1. The minimum absolute atomic E-state index is 0.329. The number of H-pyrrole nitrogens is 1. The Morgan fingerprint density at radius 3 is 1.21 bits per heavy atom. The Morgan fingerprint density at radius 1 is 0.406 bits per heavy atom. The average Bonchev–Trinajstić information content (AvgIpc) is 1.64. The highest BCUT2D eigenvalue weighted by molar-refractivity contribution is 7.11. The summed E-state index contributed by atoms with van der Waals surface area (Å²) in [7, 11) is 0. The van der Waals surface area contributed by atoms with Crippen LogP contribution >= 0.6 is 11.3 Å². The number of nitrogens with one attached hydrogen (secondary N) is 1. The van der Waals surface area contributed by atoms with Gasteiger partial charge in [-0.2, -0.15) is 15.2 Å². The number of pyridine rings is 1. The standard InChI is InChI=1S/C13H18N2.C9H16N2.2C9H15NO.C9H15NS.2C8H15N3.C8H14N2O.7C2H6/c1-9(2)11-8-15(10(3)4)12-6-5-7-14-13(11)12;1-7(2)9-5-11(6-10-9)8(3)4;1-6(2)8-5-11-9(10-8)7(3)4;1-6(2)8-5-9(7(3)4)11-10-8;1-6(2)8-5-10-9(11-8)7(3)4;1-6(2)8-9-5-11(10-8)7(3)4;2*1-5(2)7-9-8(6(3)4)11-10-7;7*1-2/h5-10H,1-4H3;5-8H,1-4H3;4*5-7H,1-4H3;5-6H,1-4H3,(H,9,10,11);5-6H,1-4H3;7*1-2H3. The van der Waals surface area contributed by atoms with E-state index in [2.05, 4.69) is 296 Å². The van der Waals surface area contributed by atoms with Crippen molar-refractivity contribution in [2.24, 2.45) is 0 Å². The number of rotatable bonds is 16. The zero-order chi connectivity index (χ0) is 84.0. The highest BCUT2D eigenvalue weighted by Crippen LogP contribution is 2.29. The van der Waals surface area contributed by atoms with Crippen LogP contribution in [0.4, 0.5) is 0 Å². The van der Waals surface area contributed by atoms with Crippen molar-refractivity contribution >= 4 is 22.4 Å². The number of fused-ring (bicyclic) bond motifs is 1. The molecule has 19 heteroatoms. The summed E-state index contributed by atoms with van der Waals surface area (Å²) in [4.78, 5) is 31.6. The molecule has 0 unspecified atom stereocenters. The predicted octanol–water partition coefficient (Wildman–Crippen LogP) is 29.1. The minimum Gasteiger partial charge on any atom is -0.448 e. The van der Waals surface area contributed by atoms with E-state index in [1.54, 1.807) is 12.6 Å². The van der Waals surface area contributed by atoms with Gasteiger partial charge in [-0.05, 0) is 88.8 Å². The van der Waals surface area contributed by atoms with Crippen LogP contribution in [0.5, 0.6) is 0 Å². The van der Waals surface area contributed by atoms with Crippen LogP contribution in [-0.4, -0.2) is 74.3 Å². The van der Waals surface area contributed by atoms with Crippen LogP contribution in [0.15, 0.2) is 75.4 Å². The predicted molar refractivity (Wildman–Crippen MR) is 462 cm³/mol. The van der Waals surface area contributed by atoms with Gasteiger partial charge in [-0.3, -0.25) is 14.8 Å². The second-order valence-electron chi connectivity index (χ2n) is 28.4. The first-order valence-electron chi connectivity index (χ1n) is 40.9. The van der Waals surface area contributed by atoms with Crippen molar-refractivity contribution in [3.8, 4) is 0 Å². The number of nitrogens with zero attached hydrogens (tertiary/aromatic N) is 14. The first-order chi connectivity index (χ1) is 49.9. The zero-order valence-corrected chi connectivity index (χ0v) is 77.7. The fourth-order valence-electron chi connectivity index (χ4n) is 7.73. The molecule has 18 nitrogen and oxygen atoms in total. The molecule has 0 bridgehead atoms. The summed E-state index contributed by atoms with van der Waals surface area (Å²) in [5.41, 5.74) is 7.03. The molecule has 0 saturated carbocycles. The summed E-state index contributed by atoms with van der Waals surface area (Å²) in [5.74, 6) is 12.2. The lowest BCUT2D eigenvalue weighted by molar-refractivity contribution is 0.359. The number of imidazole rings is 1. The van der Waals surface area contributed by atoms with Crippen LogP contribution in [0.3, 0.4) is 0 Å². The normalized spacial score (nSPS) is 10.4. The van der Waals surface area contributed by atoms with E-state index in [0.29, 0.717) is 95.1 Å². The summed E-state index contributed by atoms with van der Waals surface area (Å²) >= 11 is 1.84. The molecule has 0 radical (unpaired) electrons. The molecule has 0 aliphatic heterocycles. The smallest absolute Gasteiger partial charge is 0.229 e. The van der Waals surface area contributed by atoms with Crippen LogP contribution in [-0.2, 0) is 0 Å². The maximum absolute atomic E-state index is 5.28. The van der Waals surface area contributed by atoms with Gasteiger partial charge in [0.2, 0.25) is 5.89 Å². The maximum atomic E-state index is 5.28. The summed E-state index contributed by atoms with van der Waals surface area (Å²) in [6, 6.07) is 7.61. The van der Waals surface area contributed by atoms with E-state index in [4.69, 9.17) is 13.5 Å². The highest BCUT2D eigenvalue weighted by Gasteiger charge is 2.16. The maximum Gasteiger partial charge on any atom is 0.229 e. The molecule has 106 heavy (non-hydrogen) atoms. The molecule has 0 fully saturated rings. The second-order valence-corrected chi connectivity index (χ2v) is 29.5. The summed E-state index contributed by atoms with van der Waals surface area (Å²) in [6.45, 7) is 96.0. The van der Waals surface area contributed by atoms with Gasteiger partial charge in [0.15, 0.2) is 23.4 Å². The molecule has 0 atom stereocenters. The van der Waals surface area contributed by atoms with E-state index >= 15 is 0 Å². The molecule has 0 amide bonds. The molecule has 0 aliphatic rings. The van der Waals surface area contributed by atoms with Gasteiger partial charge in [0.1, 0.15) is 24.2 Å². The van der Waals surface area contributed by atoms with Crippen LogP contribution in [0.25, 0.3) is 11.0 Å². The van der Waals surface area contributed by atoms with Gasteiger partial charge < -0.3 is 22.6 Å². The quantitative estimate of drug-likeness (QED) is 0.0954. The van der Waals surface area contributed by atoms with Crippen LogP contribution in [0, 0.1) is 0 Å². The van der Waals surface area contributed by atoms with E-state index in [1.807, 2.05) is 158 Å². The second kappa shape index (κ2) is 63.3. The lowest BCUT2D eigenvalue weighted by Gasteiger charge is -2.08. The number of oxazole rings is 1. The lowest BCUT2D eigenvalue weighted by atomic mass is 10.1. The molecule has 9 aromatic heterocycles. The number of aromatic nitrogens is 15. The molecule has 0 aromatic carbocycles. The number of thiazole rings is 1. The first kappa shape index (κ1) is 110. The third-order valence-corrected chi connectivity index (χ3v) is 15.8. The molecule has 612 valence electrons. The highest BCUT2D eigenvalue weighted by atomic mass is 32.1. The van der Waals surface area contributed by atoms with Crippen molar-refractivity contribution in [3.05, 3.63) is 135 Å².